The molecule has 1 aliphatic rings. The average Bonchev–Trinajstić information content (AvgIpc) is 2.86. The highest BCUT2D eigenvalue weighted by Crippen LogP contribution is 2.25. The van der Waals surface area contributed by atoms with Gasteiger partial charge in [0.2, 0.25) is 0 Å². The summed E-state index contributed by atoms with van der Waals surface area (Å²) < 4.78 is 1.90. The van der Waals surface area contributed by atoms with Crippen LogP contribution in [-0.2, 0) is 13.6 Å². The maximum Gasteiger partial charge on any atom is 0.157 e. The van der Waals surface area contributed by atoms with Crippen LogP contribution in [0.25, 0.3) is 0 Å². The van der Waals surface area contributed by atoms with Crippen molar-refractivity contribution in [2.45, 2.75) is 39.0 Å². The smallest absolute Gasteiger partial charge is 0.157 e. The summed E-state index contributed by atoms with van der Waals surface area (Å²) in [6.07, 6.45) is 3.17. The Kier molecular flexibility index (Phi) is 4.32. The zero-order chi connectivity index (χ0) is 13.1. The summed E-state index contributed by atoms with van der Waals surface area (Å²) in [5.41, 5.74) is 2.46. The van der Waals surface area contributed by atoms with Gasteiger partial charge in [-0.1, -0.05) is 25.6 Å². The molecule has 0 spiro atoms. The fourth-order valence-corrected chi connectivity index (χ4v) is 3.30. The van der Waals surface area contributed by atoms with Crippen molar-refractivity contribution < 1.29 is 0 Å². The first-order valence-corrected chi connectivity index (χ1v) is 7.36. The highest BCUT2D eigenvalue weighted by atomic mass is 32.2. The van der Waals surface area contributed by atoms with Crippen molar-refractivity contribution >= 4 is 16.9 Å². The summed E-state index contributed by atoms with van der Waals surface area (Å²) >= 11 is 1.88. The van der Waals surface area contributed by atoms with E-state index in [1.54, 1.807) is 0 Å². The number of hydrogen-bond acceptors (Lipinski definition) is 4. The van der Waals surface area contributed by atoms with Gasteiger partial charge >= 0.3 is 0 Å². The molecule has 1 aromatic heterocycles. The maximum atomic E-state index is 4.56. The van der Waals surface area contributed by atoms with Crippen LogP contribution in [0.4, 0.5) is 0 Å². The SMILES string of the molecule is Cc1c(CNC2=NCC(CC(C)C)S2)cnn1C. The summed E-state index contributed by atoms with van der Waals surface area (Å²) in [6, 6.07) is 0. The van der Waals surface area contributed by atoms with Gasteiger partial charge in [0, 0.05) is 30.1 Å². The molecule has 1 atom stereocenters. The lowest BCUT2D eigenvalue weighted by Gasteiger charge is -2.11. The first-order chi connectivity index (χ1) is 8.56. The molecule has 0 amide bonds. The first-order valence-electron chi connectivity index (χ1n) is 6.48. The van der Waals surface area contributed by atoms with Gasteiger partial charge in [-0.15, -0.1) is 0 Å². The summed E-state index contributed by atoms with van der Waals surface area (Å²) in [7, 11) is 1.97. The minimum Gasteiger partial charge on any atom is -0.361 e. The Hall–Kier alpha value is -0.970. The number of nitrogens with one attached hydrogen (secondary N) is 1. The molecular formula is C13H22N4S. The van der Waals surface area contributed by atoms with E-state index in [9.17, 15) is 0 Å². The molecule has 5 heteroatoms. The first kappa shape index (κ1) is 13.5. The number of thioether (sulfide) groups is 1. The summed E-state index contributed by atoms with van der Waals surface area (Å²) in [5, 5.41) is 9.40. The second kappa shape index (κ2) is 5.78. The van der Waals surface area contributed by atoms with Crippen LogP contribution >= 0.6 is 11.8 Å². The van der Waals surface area contributed by atoms with Gasteiger partial charge in [-0.2, -0.15) is 5.10 Å². The monoisotopic (exact) mass is 266 g/mol. The van der Waals surface area contributed by atoms with Gasteiger partial charge in [-0.25, -0.2) is 0 Å². The average molecular weight is 266 g/mol. The Bertz CT molecular complexity index is 436. The number of amidine groups is 1. The van der Waals surface area contributed by atoms with E-state index >= 15 is 0 Å². The number of aryl methyl sites for hydroxylation is 1. The third kappa shape index (κ3) is 3.28. The number of hydrogen-bond donors (Lipinski definition) is 1. The molecule has 4 nitrogen and oxygen atoms in total. The van der Waals surface area contributed by atoms with Crippen molar-refractivity contribution in [1.82, 2.24) is 15.1 Å². The maximum absolute atomic E-state index is 4.56. The predicted molar refractivity (Wildman–Crippen MR) is 77.9 cm³/mol. The molecule has 0 fully saturated rings. The second-order valence-electron chi connectivity index (χ2n) is 5.25. The number of aliphatic imine (C=N–C) groups is 1. The van der Waals surface area contributed by atoms with Crippen LogP contribution in [0.15, 0.2) is 11.2 Å². The third-order valence-corrected chi connectivity index (χ3v) is 4.39. The molecule has 0 saturated heterocycles. The van der Waals surface area contributed by atoms with Crippen molar-refractivity contribution in [2.75, 3.05) is 6.54 Å². The summed E-state index contributed by atoms with van der Waals surface area (Å²) in [5.74, 6) is 0.748. The summed E-state index contributed by atoms with van der Waals surface area (Å²) in [4.78, 5) is 4.56. The minimum absolute atomic E-state index is 0.655. The van der Waals surface area contributed by atoms with E-state index in [1.807, 2.05) is 29.7 Å². The van der Waals surface area contributed by atoms with Gasteiger partial charge < -0.3 is 5.32 Å². The zero-order valence-corrected chi connectivity index (χ0v) is 12.4. The van der Waals surface area contributed by atoms with Gasteiger partial charge in [0.05, 0.1) is 12.7 Å². The van der Waals surface area contributed by atoms with Crippen LogP contribution < -0.4 is 5.32 Å². The van der Waals surface area contributed by atoms with E-state index in [2.05, 4.69) is 36.2 Å². The van der Waals surface area contributed by atoms with Gasteiger partial charge in [0.15, 0.2) is 5.17 Å². The van der Waals surface area contributed by atoms with Gasteiger partial charge in [0.25, 0.3) is 0 Å². The van der Waals surface area contributed by atoms with Crippen LogP contribution in [0.3, 0.4) is 0 Å². The van der Waals surface area contributed by atoms with Crippen LogP contribution in [-0.4, -0.2) is 26.7 Å². The van der Waals surface area contributed by atoms with Crippen molar-refractivity contribution in [3.05, 3.63) is 17.5 Å². The highest BCUT2D eigenvalue weighted by Gasteiger charge is 2.20. The molecule has 0 aliphatic carbocycles. The highest BCUT2D eigenvalue weighted by molar-refractivity contribution is 8.14. The van der Waals surface area contributed by atoms with Crippen LogP contribution in [0, 0.1) is 12.8 Å². The molecule has 1 unspecified atom stereocenters. The standard InChI is InChI=1S/C13H22N4S/c1-9(2)5-12-8-15-13(18-12)14-6-11-7-16-17(4)10(11)3/h7,9,12H,5-6,8H2,1-4H3,(H,14,15). The number of nitrogens with zero attached hydrogens (tertiary/aromatic N) is 3. The van der Waals surface area contributed by atoms with Crippen LogP contribution in [0.1, 0.15) is 31.5 Å². The fourth-order valence-electron chi connectivity index (χ4n) is 2.05. The topological polar surface area (TPSA) is 42.2 Å². The van der Waals surface area contributed by atoms with E-state index in [0.717, 1.165) is 24.2 Å². The molecule has 0 saturated carbocycles. The van der Waals surface area contributed by atoms with Gasteiger partial charge in [-0.05, 0) is 19.3 Å². The molecule has 100 valence electrons. The van der Waals surface area contributed by atoms with Gasteiger partial charge in [0.1, 0.15) is 0 Å². The largest absolute Gasteiger partial charge is 0.361 e. The molecule has 2 heterocycles. The van der Waals surface area contributed by atoms with E-state index in [4.69, 9.17) is 0 Å². The Morgan fingerprint density at radius 1 is 1.56 bits per heavy atom. The van der Waals surface area contributed by atoms with Crippen molar-refractivity contribution in [2.24, 2.45) is 18.0 Å². The second-order valence-corrected chi connectivity index (χ2v) is 6.54. The van der Waals surface area contributed by atoms with Gasteiger partial charge in [-0.3, -0.25) is 9.67 Å². The number of aromatic nitrogens is 2. The van der Waals surface area contributed by atoms with Crippen molar-refractivity contribution in [3.63, 3.8) is 0 Å². The molecular weight excluding hydrogens is 244 g/mol. The Labute approximate surface area is 113 Å². The van der Waals surface area contributed by atoms with E-state index in [-0.39, 0.29) is 0 Å². The molecule has 1 aliphatic heterocycles. The molecule has 0 bridgehead atoms. The van der Waals surface area contributed by atoms with E-state index < -0.39 is 0 Å². The molecule has 1 N–H and O–H groups in total. The Morgan fingerprint density at radius 3 is 2.94 bits per heavy atom. The third-order valence-electron chi connectivity index (χ3n) is 3.22. The Morgan fingerprint density at radius 2 is 2.33 bits per heavy atom. The lowest BCUT2D eigenvalue weighted by Crippen LogP contribution is -2.19. The fraction of sp³-hybridized carbons (Fsp3) is 0.692. The van der Waals surface area contributed by atoms with Crippen LogP contribution in [0.5, 0.6) is 0 Å². The lowest BCUT2D eigenvalue weighted by atomic mass is 10.1. The number of rotatable bonds is 4. The quantitative estimate of drug-likeness (QED) is 0.909. The summed E-state index contributed by atoms with van der Waals surface area (Å²) in [6.45, 7) is 8.41. The normalized spacial score (nSPS) is 19.4. The van der Waals surface area contributed by atoms with E-state index in [1.165, 1.54) is 17.7 Å². The van der Waals surface area contributed by atoms with E-state index in [0.29, 0.717) is 5.25 Å². The van der Waals surface area contributed by atoms with Crippen LogP contribution in [0.2, 0.25) is 0 Å². The lowest BCUT2D eigenvalue weighted by molar-refractivity contribution is 0.575. The minimum atomic E-state index is 0.655. The van der Waals surface area contributed by atoms with Crippen molar-refractivity contribution in [1.29, 1.82) is 0 Å². The molecule has 1 aromatic rings. The molecule has 2 rings (SSSR count). The predicted octanol–water partition coefficient (Wildman–Crippen LogP) is 2.34. The Balaban J connectivity index is 1.80. The van der Waals surface area contributed by atoms with Crippen molar-refractivity contribution in [3.8, 4) is 0 Å². The molecule has 0 aromatic carbocycles. The molecule has 18 heavy (non-hydrogen) atoms. The zero-order valence-electron chi connectivity index (χ0n) is 11.6. The molecule has 0 radical (unpaired) electrons.